The number of rotatable bonds is 2. The normalized spacial score (nSPS) is 15.1. The summed E-state index contributed by atoms with van der Waals surface area (Å²) in [6.07, 6.45) is 3.31. The van der Waals surface area contributed by atoms with E-state index in [9.17, 15) is 0 Å². The van der Waals surface area contributed by atoms with E-state index in [4.69, 9.17) is 11.6 Å². The van der Waals surface area contributed by atoms with Crippen molar-refractivity contribution in [1.82, 2.24) is 15.0 Å². The molecule has 2 aromatic rings. The molecule has 3 nitrogen and oxygen atoms in total. The summed E-state index contributed by atoms with van der Waals surface area (Å²) < 4.78 is 0. The fourth-order valence-electron chi connectivity index (χ4n) is 1.36. The first-order valence-electron chi connectivity index (χ1n) is 4.90. The molecule has 78 valence electrons. The van der Waals surface area contributed by atoms with E-state index >= 15 is 0 Å². The summed E-state index contributed by atoms with van der Waals surface area (Å²) in [6, 6.07) is 3.89. The molecule has 0 radical (unpaired) electrons. The van der Waals surface area contributed by atoms with Crippen LogP contribution in [-0.2, 0) is 0 Å². The predicted molar refractivity (Wildman–Crippen MR) is 61.1 cm³/mol. The minimum atomic E-state index is 0.0617. The van der Waals surface area contributed by atoms with E-state index in [1.54, 1.807) is 12.4 Å². The van der Waals surface area contributed by atoms with Gasteiger partial charge in [0.1, 0.15) is 5.52 Å². The second-order valence-electron chi connectivity index (χ2n) is 3.60. The Morgan fingerprint density at radius 1 is 1.13 bits per heavy atom. The van der Waals surface area contributed by atoms with Crippen LogP contribution in [0.25, 0.3) is 11.2 Å². The highest BCUT2D eigenvalue weighted by atomic mass is 35.5. The summed E-state index contributed by atoms with van der Waals surface area (Å²) in [5, 5.41) is 0.0617. The molecule has 2 unspecified atom stereocenters. The molecule has 0 spiro atoms. The molecule has 2 atom stereocenters. The number of nitrogens with zero attached hydrogens (tertiary/aromatic N) is 3. The topological polar surface area (TPSA) is 38.7 Å². The molecular weight excluding hydrogens is 210 g/mol. The SMILES string of the molecule is CC(Cl)C(C)c1ccc2nccnc2n1. The number of hydrogen-bond acceptors (Lipinski definition) is 3. The van der Waals surface area contributed by atoms with Crippen molar-refractivity contribution in [2.45, 2.75) is 25.1 Å². The zero-order valence-corrected chi connectivity index (χ0v) is 9.44. The molecule has 0 bridgehead atoms. The first-order valence-corrected chi connectivity index (χ1v) is 5.34. The lowest BCUT2D eigenvalue weighted by atomic mass is 10.0. The van der Waals surface area contributed by atoms with E-state index in [0.29, 0.717) is 5.65 Å². The Bertz CT molecular complexity index is 470. The highest BCUT2D eigenvalue weighted by Crippen LogP contribution is 2.22. The molecule has 2 heterocycles. The van der Waals surface area contributed by atoms with Crippen LogP contribution in [0.5, 0.6) is 0 Å². The van der Waals surface area contributed by atoms with Crippen LogP contribution in [0.15, 0.2) is 24.5 Å². The van der Waals surface area contributed by atoms with Gasteiger partial charge in [-0.15, -0.1) is 11.6 Å². The van der Waals surface area contributed by atoms with Gasteiger partial charge in [0.05, 0.1) is 0 Å². The van der Waals surface area contributed by atoms with Gasteiger partial charge in [0.2, 0.25) is 0 Å². The molecule has 2 rings (SSSR count). The lowest BCUT2D eigenvalue weighted by Crippen LogP contribution is -2.07. The average Bonchev–Trinajstić information content (AvgIpc) is 2.27. The van der Waals surface area contributed by atoms with Gasteiger partial charge in [0.15, 0.2) is 5.65 Å². The first kappa shape index (κ1) is 10.3. The number of fused-ring (bicyclic) bond motifs is 1. The zero-order chi connectivity index (χ0) is 10.8. The van der Waals surface area contributed by atoms with Gasteiger partial charge in [-0.25, -0.2) is 9.97 Å². The van der Waals surface area contributed by atoms with E-state index in [-0.39, 0.29) is 11.3 Å². The molecule has 15 heavy (non-hydrogen) atoms. The second kappa shape index (κ2) is 4.11. The van der Waals surface area contributed by atoms with Crippen molar-refractivity contribution < 1.29 is 0 Å². The molecule has 0 fully saturated rings. The summed E-state index contributed by atoms with van der Waals surface area (Å²) in [4.78, 5) is 12.8. The Hall–Kier alpha value is -1.22. The average molecular weight is 222 g/mol. The highest BCUT2D eigenvalue weighted by molar-refractivity contribution is 6.20. The molecule has 0 aliphatic carbocycles. The Balaban J connectivity index is 2.47. The fraction of sp³-hybridized carbons (Fsp3) is 0.364. The van der Waals surface area contributed by atoms with Crippen molar-refractivity contribution in [3.05, 3.63) is 30.2 Å². The van der Waals surface area contributed by atoms with Gasteiger partial charge < -0.3 is 0 Å². The molecule has 4 heteroatoms. The van der Waals surface area contributed by atoms with Gasteiger partial charge in [-0.2, -0.15) is 0 Å². The van der Waals surface area contributed by atoms with Crippen molar-refractivity contribution in [3.8, 4) is 0 Å². The van der Waals surface area contributed by atoms with Crippen LogP contribution >= 0.6 is 11.6 Å². The van der Waals surface area contributed by atoms with Crippen molar-refractivity contribution in [1.29, 1.82) is 0 Å². The quantitative estimate of drug-likeness (QED) is 0.732. The van der Waals surface area contributed by atoms with Gasteiger partial charge >= 0.3 is 0 Å². The van der Waals surface area contributed by atoms with E-state index in [1.807, 2.05) is 19.1 Å². The van der Waals surface area contributed by atoms with Gasteiger partial charge in [-0.05, 0) is 19.1 Å². The van der Waals surface area contributed by atoms with E-state index in [0.717, 1.165) is 11.2 Å². The van der Waals surface area contributed by atoms with E-state index in [1.165, 1.54) is 0 Å². The van der Waals surface area contributed by atoms with Crippen LogP contribution in [0.3, 0.4) is 0 Å². The molecular formula is C11H12ClN3. The summed E-state index contributed by atoms with van der Waals surface area (Å²) >= 11 is 6.04. The Kier molecular flexibility index (Phi) is 2.82. The molecule has 0 saturated carbocycles. The largest absolute Gasteiger partial charge is 0.251 e. The van der Waals surface area contributed by atoms with Gasteiger partial charge in [0.25, 0.3) is 0 Å². The van der Waals surface area contributed by atoms with Crippen molar-refractivity contribution in [2.24, 2.45) is 0 Å². The van der Waals surface area contributed by atoms with Crippen molar-refractivity contribution in [2.75, 3.05) is 0 Å². The van der Waals surface area contributed by atoms with E-state index in [2.05, 4.69) is 21.9 Å². The standard InChI is InChI=1S/C11H12ClN3/c1-7(8(2)12)9-3-4-10-11(15-9)14-6-5-13-10/h3-8H,1-2H3. The minimum absolute atomic E-state index is 0.0617. The number of alkyl halides is 1. The predicted octanol–water partition coefficient (Wildman–Crippen LogP) is 2.76. The lowest BCUT2D eigenvalue weighted by Gasteiger charge is -2.12. The molecule has 0 saturated heterocycles. The third-order valence-corrected chi connectivity index (χ3v) is 2.89. The number of hydrogen-bond donors (Lipinski definition) is 0. The number of pyridine rings is 1. The molecule has 0 aromatic carbocycles. The van der Waals surface area contributed by atoms with Crippen LogP contribution in [0.2, 0.25) is 0 Å². The van der Waals surface area contributed by atoms with E-state index < -0.39 is 0 Å². The summed E-state index contributed by atoms with van der Waals surface area (Å²) in [6.45, 7) is 4.02. The van der Waals surface area contributed by atoms with Crippen LogP contribution in [0.4, 0.5) is 0 Å². The van der Waals surface area contributed by atoms with Crippen molar-refractivity contribution in [3.63, 3.8) is 0 Å². The summed E-state index contributed by atoms with van der Waals surface area (Å²) in [7, 11) is 0. The number of aromatic nitrogens is 3. The van der Waals surface area contributed by atoms with Crippen LogP contribution in [0, 0.1) is 0 Å². The molecule has 0 aliphatic heterocycles. The van der Waals surface area contributed by atoms with Crippen LogP contribution < -0.4 is 0 Å². The Morgan fingerprint density at radius 2 is 1.87 bits per heavy atom. The highest BCUT2D eigenvalue weighted by Gasteiger charge is 2.13. The summed E-state index contributed by atoms with van der Waals surface area (Å²) in [5.74, 6) is 0.220. The molecule has 2 aromatic heterocycles. The Labute approximate surface area is 93.5 Å². The second-order valence-corrected chi connectivity index (χ2v) is 4.29. The maximum absolute atomic E-state index is 6.04. The first-order chi connectivity index (χ1) is 7.18. The monoisotopic (exact) mass is 221 g/mol. The lowest BCUT2D eigenvalue weighted by molar-refractivity contribution is 0.719. The maximum atomic E-state index is 6.04. The smallest absolute Gasteiger partial charge is 0.178 e. The van der Waals surface area contributed by atoms with Gasteiger partial charge in [-0.1, -0.05) is 6.92 Å². The van der Waals surface area contributed by atoms with Gasteiger partial charge in [-0.3, -0.25) is 4.98 Å². The fourth-order valence-corrected chi connectivity index (χ4v) is 1.49. The third-order valence-electron chi connectivity index (χ3n) is 2.51. The molecule has 0 aliphatic rings. The van der Waals surface area contributed by atoms with Crippen molar-refractivity contribution >= 4 is 22.8 Å². The maximum Gasteiger partial charge on any atom is 0.178 e. The van der Waals surface area contributed by atoms with Gasteiger partial charge in [0, 0.05) is 29.4 Å². The third kappa shape index (κ3) is 2.07. The summed E-state index contributed by atoms with van der Waals surface area (Å²) in [5.41, 5.74) is 2.46. The zero-order valence-electron chi connectivity index (χ0n) is 8.68. The van der Waals surface area contributed by atoms with Crippen LogP contribution in [-0.4, -0.2) is 20.3 Å². The molecule has 0 amide bonds. The minimum Gasteiger partial charge on any atom is -0.251 e. The number of halogens is 1. The van der Waals surface area contributed by atoms with Crippen LogP contribution in [0.1, 0.15) is 25.5 Å². The Morgan fingerprint density at radius 3 is 2.60 bits per heavy atom. The molecule has 0 N–H and O–H groups in total.